The first-order valence-electron chi connectivity index (χ1n) is 8.01. The third-order valence-corrected chi connectivity index (χ3v) is 3.68. The van der Waals surface area contributed by atoms with E-state index in [0.717, 1.165) is 6.54 Å². The standard InChI is InChI=1S/C18H19N5O2/c1-3-23(11-14-7-5-4-6-8-14)17-10-15(19-12-20-17)18(24)21-16-9-13(2)25-22-16/h4-10,12H,3,11H2,1-2H3,(H,21,22,24). The highest BCUT2D eigenvalue weighted by molar-refractivity contribution is 6.02. The van der Waals surface area contributed by atoms with Gasteiger partial charge in [-0.25, -0.2) is 9.97 Å². The molecule has 0 saturated heterocycles. The molecule has 3 rings (SSSR count). The molecule has 7 heteroatoms. The van der Waals surface area contributed by atoms with Crippen molar-refractivity contribution in [3.8, 4) is 0 Å². The summed E-state index contributed by atoms with van der Waals surface area (Å²) < 4.78 is 4.94. The number of hydrogen-bond acceptors (Lipinski definition) is 6. The van der Waals surface area contributed by atoms with Crippen molar-refractivity contribution < 1.29 is 9.32 Å². The summed E-state index contributed by atoms with van der Waals surface area (Å²) in [5.74, 6) is 1.33. The summed E-state index contributed by atoms with van der Waals surface area (Å²) in [6.07, 6.45) is 1.39. The Morgan fingerprint density at radius 1 is 1.20 bits per heavy atom. The number of rotatable bonds is 6. The van der Waals surface area contributed by atoms with Crippen LogP contribution in [0.1, 0.15) is 28.7 Å². The maximum atomic E-state index is 12.3. The van der Waals surface area contributed by atoms with Crippen LogP contribution >= 0.6 is 0 Å². The Morgan fingerprint density at radius 2 is 2.00 bits per heavy atom. The Hall–Kier alpha value is -3.22. The Balaban J connectivity index is 1.76. The van der Waals surface area contributed by atoms with Gasteiger partial charge in [0.15, 0.2) is 5.82 Å². The van der Waals surface area contributed by atoms with Crippen molar-refractivity contribution >= 4 is 17.5 Å². The maximum Gasteiger partial charge on any atom is 0.275 e. The first-order chi connectivity index (χ1) is 12.2. The van der Waals surface area contributed by atoms with E-state index in [4.69, 9.17) is 4.52 Å². The molecule has 1 N–H and O–H groups in total. The fraction of sp³-hybridized carbons (Fsp3) is 0.222. The molecule has 3 aromatic rings. The Kier molecular flexibility index (Phi) is 5.03. The number of amides is 1. The number of aromatic nitrogens is 3. The molecule has 0 atom stereocenters. The summed E-state index contributed by atoms with van der Waals surface area (Å²) in [7, 11) is 0. The van der Waals surface area contributed by atoms with E-state index in [1.807, 2.05) is 25.1 Å². The smallest absolute Gasteiger partial charge is 0.275 e. The third-order valence-electron chi connectivity index (χ3n) is 3.68. The van der Waals surface area contributed by atoms with Crippen molar-refractivity contribution in [2.24, 2.45) is 0 Å². The monoisotopic (exact) mass is 337 g/mol. The second kappa shape index (κ2) is 7.57. The van der Waals surface area contributed by atoms with Crippen LogP contribution in [-0.2, 0) is 6.54 Å². The molecule has 0 radical (unpaired) electrons. The lowest BCUT2D eigenvalue weighted by molar-refractivity contribution is 0.102. The zero-order valence-corrected chi connectivity index (χ0v) is 14.1. The summed E-state index contributed by atoms with van der Waals surface area (Å²) in [6, 6.07) is 13.4. The largest absolute Gasteiger partial charge is 0.360 e. The second-order valence-corrected chi connectivity index (χ2v) is 5.54. The van der Waals surface area contributed by atoms with Gasteiger partial charge >= 0.3 is 0 Å². The molecular formula is C18H19N5O2. The van der Waals surface area contributed by atoms with Crippen LogP contribution in [0.25, 0.3) is 0 Å². The van der Waals surface area contributed by atoms with E-state index in [-0.39, 0.29) is 11.6 Å². The van der Waals surface area contributed by atoms with Crippen LogP contribution < -0.4 is 10.2 Å². The van der Waals surface area contributed by atoms with E-state index in [9.17, 15) is 4.79 Å². The Labute approximate surface area is 145 Å². The van der Waals surface area contributed by atoms with Gasteiger partial charge in [-0.2, -0.15) is 0 Å². The summed E-state index contributed by atoms with van der Waals surface area (Å²) in [5, 5.41) is 6.41. The summed E-state index contributed by atoms with van der Waals surface area (Å²) in [5.41, 5.74) is 1.45. The predicted molar refractivity (Wildman–Crippen MR) is 94.4 cm³/mol. The molecule has 0 fully saturated rings. The van der Waals surface area contributed by atoms with Gasteiger partial charge in [0, 0.05) is 25.2 Å². The van der Waals surface area contributed by atoms with E-state index in [0.29, 0.717) is 23.9 Å². The molecule has 2 heterocycles. The van der Waals surface area contributed by atoms with Crippen molar-refractivity contribution in [3.63, 3.8) is 0 Å². The third kappa shape index (κ3) is 4.20. The minimum Gasteiger partial charge on any atom is -0.360 e. The number of carbonyl (C=O) groups excluding carboxylic acids is 1. The van der Waals surface area contributed by atoms with Crippen LogP contribution in [0.3, 0.4) is 0 Å². The number of benzene rings is 1. The van der Waals surface area contributed by atoms with Gasteiger partial charge in [-0.3, -0.25) is 4.79 Å². The molecule has 0 aliphatic carbocycles. The van der Waals surface area contributed by atoms with Crippen molar-refractivity contribution in [2.75, 3.05) is 16.8 Å². The minimum absolute atomic E-state index is 0.275. The molecule has 0 aliphatic heterocycles. The summed E-state index contributed by atoms with van der Waals surface area (Å²) in [6.45, 7) is 5.27. The Bertz CT molecular complexity index is 847. The maximum absolute atomic E-state index is 12.3. The highest BCUT2D eigenvalue weighted by Gasteiger charge is 2.14. The predicted octanol–water partition coefficient (Wildman–Crippen LogP) is 3.05. The lowest BCUT2D eigenvalue weighted by atomic mass is 10.2. The number of carbonyl (C=O) groups is 1. The van der Waals surface area contributed by atoms with Crippen molar-refractivity contribution in [3.05, 3.63) is 65.8 Å². The normalized spacial score (nSPS) is 10.5. The first-order valence-corrected chi connectivity index (χ1v) is 8.01. The van der Waals surface area contributed by atoms with Crippen molar-refractivity contribution in [1.29, 1.82) is 0 Å². The highest BCUT2D eigenvalue weighted by atomic mass is 16.5. The first kappa shape index (κ1) is 16.6. The molecule has 1 amide bonds. The molecule has 1 aromatic carbocycles. The van der Waals surface area contributed by atoms with Crippen LogP contribution in [-0.4, -0.2) is 27.6 Å². The van der Waals surface area contributed by atoms with E-state index in [1.165, 1.54) is 11.9 Å². The van der Waals surface area contributed by atoms with Gasteiger partial charge in [0.2, 0.25) is 0 Å². The molecule has 0 spiro atoms. The quantitative estimate of drug-likeness (QED) is 0.744. The van der Waals surface area contributed by atoms with Gasteiger partial charge in [0.05, 0.1) is 0 Å². The van der Waals surface area contributed by atoms with Crippen molar-refractivity contribution in [1.82, 2.24) is 15.1 Å². The fourth-order valence-electron chi connectivity index (χ4n) is 2.41. The molecule has 128 valence electrons. The number of anilines is 2. The molecule has 0 aliphatic rings. The molecule has 2 aromatic heterocycles. The average molecular weight is 337 g/mol. The van der Waals surface area contributed by atoms with E-state index in [2.05, 4.69) is 37.5 Å². The lowest BCUT2D eigenvalue weighted by Crippen LogP contribution is -2.24. The summed E-state index contributed by atoms with van der Waals surface area (Å²) >= 11 is 0. The van der Waals surface area contributed by atoms with Gasteiger partial charge in [0.1, 0.15) is 23.6 Å². The van der Waals surface area contributed by atoms with Crippen LogP contribution in [0.5, 0.6) is 0 Å². The number of nitrogens with zero attached hydrogens (tertiary/aromatic N) is 4. The number of nitrogens with one attached hydrogen (secondary N) is 1. The van der Waals surface area contributed by atoms with Crippen LogP contribution in [0, 0.1) is 6.92 Å². The number of aryl methyl sites for hydroxylation is 1. The topological polar surface area (TPSA) is 84.2 Å². The van der Waals surface area contributed by atoms with E-state index >= 15 is 0 Å². The van der Waals surface area contributed by atoms with E-state index in [1.54, 1.807) is 19.1 Å². The van der Waals surface area contributed by atoms with Crippen LogP contribution in [0.15, 0.2) is 53.3 Å². The molecular weight excluding hydrogens is 318 g/mol. The van der Waals surface area contributed by atoms with E-state index < -0.39 is 0 Å². The molecule has 0 saturated carbocycles. The summed E-state index contributed by atoms with van der Waals surface area (Å²) in [4.78, 5) is 22.8. The number of hydrogen-bond donors (Lipinski definition) is 1. The average Bonchev–Trinajstić information content (AvgIpc) is 3.05. The minimum atomic E-state index is -0.354. The SMILES string of the molecule is CCN(Cc1ccccc1)c1cc(C(=O)Nc2cc(C)on2)ncn1. The molecule has 7 nitrogen and oxygen atoms in total. The lowest BCUT2D eigenvalue weighted by Gasteiger charge is -2.22. The van der Waals surface area contributed by atoms with Gasteiger partial charge in [0.25, 0.3) is 5.91 Å². The Morgan fingerprint density at radius 3 is 2.68 bits per heavy atom. The van der Waals surface area contributed by atoms with Gasteiger partial charge in [-0.15, -0.1) is 0 Å². The second-order valence-electron chi connectivity index (χ2n) is 5.54. The zero-order valence-electron chi connectivity index (χ0n) is 14.1. The highest BCUT2D eigenvalue weighted by Crippen LogP contribution is 2.16. The van der Waals surface area contributed by atoms with Crippen LogP contribution in [0.4, 0.5) is 11.6 Å². The van der Waals surface area contributed by atoms with Gasteiger partial charge < -0.3 is 14.7 Å². The van der Waals surface area contributed by atoms with Gasteiger partial charge in [-0.1, -0.05) is 35.5 Å². The molecule has 25 heavy (non-hydrogen) atoms. The van der Waals surface area contributed by atoms with Gasteiger partial charge in [-0.05, 0) is 19.4 Å². The van der Waals surface area contributed by atoms with Crippen molar-refractivity contribution in [2.45, 2.75) is 20.4 Å². The fourth-order valence-corrected chi connectivity index (χ4v) is 2.41. The van der Waals surface area contributed by atoms with Crippen LogP contribution in [0.2, 0.25) is 0 Å². The molecule has 0 unspecified atom stereocenters. The molecule has 0 bridgehead atoms. The zero-order chi connectivity index (χ0) is 17.6.